The van der Waals surface area contributed by atoms with Crippen molar-refractivity contribution in [2.45, 2.75) is 91.1 Å². The van der Waals surface area contributed by atoms with Crippen LogP contribution < -0.4 is 0 Å². The predicted octanol–water partition coefficient (Wildman–Crippen LogP) is 4.27. The van der Waals surface area contributed by atoms with Gasteiger partial charge in [0.2, 0.25) is 0 Å². The zero-order valence-corrected chi connectivity index (χ0v) is 16.8. The van der Waals surface area contributed by atoms with Crippen LogP contribution in [0.2, 0.25) is 0 Å². The fourth-order valence-corrected chi connectivity index (χ4v) is 4.61. The first-order chi connectivity index (χ1) is 11.5. The summed E-state index contributed by atoms with van der Waals surface area (Å²) in [6.45, 7) is 15.2. The number of ether oxygens (including phenoxy) is 3. The summed E-state index contributed by atoms with van der Waals surface area (Å²) >= 11 is 0. The summed E-state index contributed by atoms with van der Waals surface area (Å²) in [5.74, 6) is 0.407. The van der Waals surface area contributed by atoms with Crippen LogP contribution >= 0.6 is 0 Å². The summed E-state index contributed by atoms with van der Waals surface area (Å²) in [4.78, 5) is 12.4. The minimum atomic E-state index is -0.466. The number of carbonyl (C=O) groups is 1. The second-order valence-corrected chi connectivity index (χ2v) is 9.73. The van der Waals surface area contributed by atoms with Crippen molar-refractivity contribution >= 4 is 5.97 Å². The molecule has 2 aliphatic heterocycles. The maximum atomic E-state index is 12.4. The van der Waals surface area contributed by atoms with Gasteiger partial charge >= 0.3 is 5.97 Å². The Bertz CT molecular complexity index is 565. The SMILES string of the molecule is CC(C)=CCC1OC1(C)C1C(C)C(OC(=O)C(C)(C)C)CCC12CO2. The first-order valence-electron chi connectivity index (χ1n) is 9.66. The highest BCUT2D eigenvalue weighted by Gasteiger charge is 2.70. The minimum absolute atomic E-state index is 0.0447. The van der Waals surface area contributed by atoms with Gasteiger partial charge in [-0.15, -0.1) is 0 Å². The van der Waals surface area contributed by atoms with Crippen LogP contribution in [0.1, 0.15) is 67.7 Å². The molecule has 6 unspecified atom stereocenters. The molecule has 3 fully saturated rings. The van der Waals surface area contributed by atoms with Gasteiger partial charge in [-0.1, -0.05) is 18.6 Å². The molecule has 0 bridgehead atoms. The summed E-state index contributed by atoms with van der Waals surface area (Å²) in [6.07, 6.45) is 5.24. The van der Waals surface area contributed by atoms with Crippen LogP contribution in [0.3, 0.4) is 0 Å². The third-order valence-corrected chi connectivity index (χ3v) is 6.25. The zero-order valence-electron chi connectivity index (χ0n) is 16.8. The maximum Gasteiger partial charge on any atom is 0.311 e. The molecule has 4 heteroatoms. The van der Waals surface area contributed by atoms with Gasteiger partial charge < -0.3 is 14.2 Å². The third-order valence-electron chi connectivity index (χ3n) is 6.25. The standard InChI is InChI=1S/C21H34O4/c1-13(2)8-9-16-20(7,25-16)17-14(3)15(10-11-21(17)12-23-21)24-18(22)19(4,5)6/h8,14-17H,9-12H2,1-7H3. The van der Waals surface area contributed by atoms with Gasteiger partial charge in [0, 0.05) is 11.8 Å². The first kappa shape index (κ1) is 18.9. The van der Waals surface area contributed by atoms with Gasteiger partial charge in [-0.05, 0) is 60.8 Å². The number of allylic oxidation sites excluding steroid dienone is 1. The molecule has 2 heterocycles. The van der Waals surface area contributed by atoms with Crippen LogP contribution in [0.25, 0.3) is 0 Å². The summed E-state index contributed by atoms with van der Waals surface area (Å²) < 4.78 is 18.1. The molecule has 1 aliphatic carbocycles. The molecule has 0 N–H and O–H groups in total. The van der Waals surface area contributed by atoms with E-state index in [2.05, 4.69) is 33.8 Å². The summed E-state index contributed by atoms with van der Waals surface area (Å²) in [5, 5.41) is 0. The Balaban J connectivity index is 1.73. The summed E-state index contributed by atoms with van der Waals surface area (Å²) in [6, 6.07) is 0. The quantitative estimate of drug-likeness (QED) is 0.431. The van der Waals surface area contributed by atoms with Crippen LogP contribution in [-0.2, 0) is 19.0 Å². The smallest absolute Gasteiger partial charge is 0.311 e. The second-order valence-electron chi connectivity index (χ2n) is 9.73. The van der Waals surface area contributed by atoms with E-state index in [4.69, 9.17) is 14.2 Å². The lowest BCUT2D eigenvalue weighted by Crippen LogP contribution is -2.51. The van der Waals surface area contributed by atoms with Gasteiger partial charge in [-0.2, -0.15) is 0 Å². The molecule has 0 aromatic heterocycles. The molecule has 25 heavy (non-hydrogen) atoms. The second kappa shape index (κ2) is 6.09. The molecule has 2 saturated heterocycles. The highest BCUT2D eigenvalue weighted by atomic mass is 16.6. The predicted molar refractivity (Wildman–Crippen MR) is 97.2 cm³/mol. The van der Waals surface area contributed by atoms with Gasteiger partial charge in [0.1, 0.15) is 6.10 Å². The van der Waals surface area contributed by atoms with E-state index in [0.717, 1.165) is 25.9 Å². The lowest BCUT2D eigenvalue weighted by molar-refractivity contribution is -0.167. The van der Waals surface area contributed by atoms with Crippen LogP contribution in [0.5, 0.6) is 0 Å². The van der Waals surface area contributed by atoms with Crippen molar-refractivity contribution in [3.05, 3.63) is 11.6 Å². The highest BCUT2D eigenvalue weighted by molar-refractivity contribution is 5.75. The topological polar surface area (TPSA) is 51.4 Å². The fourth-order valence-electron chi connectivity index (χ4n) is 4.61. The number of esters is 1. The summed E-state index contributed by atoms with van der Waals surface area (Å²) in [7, 11) is 0. The summed E-state index contributed by atoms with van der Waals surface area (Å²) in [5.41, 5.74) is 0.628. The Morgan fingerprint density at radius 1 is 1.32 bits per heavy atom. The van der Waals surface area contributed by atoms with E-state index < -0.39 is 5.41 Å². The molecule has 3 rings (SSSR count). The van der Waals surface area contributed by atoms with Gasteiger partial charge in [0.05, 0.1) is 29.3 Å². The van der Waals surface area contributed by atoms with E-state index in [0.29, 0.717) is 0 Å². The molecule has 4 nitrogen and oxygen atoms in total. The monoisotopic (exact) mass is 350 g/mol. The Labute approximate surface area is 152 Å². The van der Waals surface area contributed by atoms with Crippen molar-refractivity contribution in [1.29, 1.82) is 0 Å². The largest absolute Gasteiger partial charge is 0.462 e. The number of hydrogen-bond acceptors (Lipinski definition) is 4. The lowest BCUT2D eigenvalue weighted by atomic mass is 9.64. The van der Waals surface area contributed by atoms with Crippen LogP contribution in [-0.4, -0.2) is 36.0 Å². The van der Waals surface area contributed by atoms with E-state index in [1.807, 2.05) is 20.8 Å². The molecule has 0 radical (unpaired) electrons. The van der Waals surface area contributed by atoms with Crippen molar-refractivity contribution < 1.29 is 19.0 Å². The van der Waals surface area contributed by atoms with E-state index in [-0.39, 0.29) is 41.2 Å². The van der Waals surface area contributed by atoms with Gasteiger partial charge in [0.15, 0.2) is 0 Å². The molecule has 0 aromatic carbocycles. The van der Waals surface area contributed by atoms with Crippen molar-refractivity contribution in [1.82, 2.24) is 0 Å². The Hall–Kier alpha value is -0.870. The molecule has 6 atom stereocenters. The molecule has 0 amide bonds. The molecule has 1 spiro atoms. The molecule has 3 aliphatic rings. The molecular formula is C21H34O4. The maximum absolute atomic E-state index is 12.4. The molecular weight excluding hydrogens is 316 g/mol. The third kappa shape index (κ3) is 3.52. The van der Waals surface area contributed by atoms with Crippen molar-refractivity contribution in [3.63, 3.8) is 0 Å². The average Bonchev–Trinajstić information content (AvgIpc) is 3.38. The van der Waals surface area contributed by atoms with Crippen molar-refractivity contribution in [2.75, 3.05) is 6.61 Å². The highest BCUT2D eigenvalue weighted by Crippen LogP contribution is 2.60. The van der Waals surface area contributed by atoms with E-state index in [9.17, 15) is 4.79 Å². The van der Waals surface area contributed by atoms with Crippen LogP contribution in [0.15, 0.2) is 11.6 Å². The minimum Gasteiger partial charge on any atom is -0.462 e. The Morgan fingerprint density at radius 3 is 2.48 bits per heavy atom. The van der Waals surface area contributed by atoms with Crippen LogP contribution in [0.4, 0.5) is 0 Å². The van der Waals surface area contributed by atoms with Gasteiger partial charge in [0.25, 0.3) is 0 Å². The lowest BCUT2D eigenvalue weighted by Gasteiger charge is -2.42. The Morgan fingerprint density at radius 2 is 1.96 bits per heavy atom. The van der Waals surface area contributed by atoms with E-state index in [1.165, 1.54) is 5.57 Å². The van der Waals surface area contributed by atoms with Crippen molar-refractivity contribution in [2.24, 2.45) is 17.3 Å². The van der Waals surface area contributed by atoms with Gasteiger partial charge in [-0.3, -0.25) is 4.79 Å². The van der Waals surface area contributed by atoms with Crippen molar-refractivity contribution in [3.8, 4) is 0 Å². The Kier molecular flexibility index (Phi) is 4.61. The number of hydrogen-bond donors (Lipinski definition) is 0. The average molecular weight is 350 g/mol. The normalized spacial score (nSPS) is 42.8. The number of carbonyl (C=O) groups excluding carboxylic acids is 1. The molecule has 0 aromatic rings. The molecule has 142 valence electrons. The fraction of sp³-hybridized carbons (Fsp3) is 0.857. The van der Waals surface area contributed by atoms with Crippen LogP contribution in [0, 0.1) is 17.3 Å². The zero-order chi connectivity index (χ0) is 18.6. The molecule has 1 saturated carbocycles. The number of rotatable bonds is 4. The van der Waals surface area contributed by atoms with E-state index in [1.54, 1.807) is 0 Å². The van der Waals surface area contributed by atoms with E-state index >= 15 is 0 Å². The number of epoxide rings is 2. The first-order valence-corrected chi connectivity index (χ1v) is 9.66. The van der Waals surface area contributed by atoms with Gasteiger partial charge in [-0.25, -0.2) is 0 Å².